The van der Waals surface area contributed by atoms with Crippen LogP contribution >= 0.6 is 11.3 Å². The number of nitrogens with zero attached hydrogens (tertiary/aromatic N) is 4. The molecule has 0 aliphatic rings. The van der Waals surface area contributed by atoms with Crippen LogP contribution in [-0.2, 0) is 17.8 Å². The quantitative estimate of drug-likeness (QED) is 0.723. The predicted octanol–water partition coefficient (Wildman–Crippen LogP) is 2.39. The summed E-state index contributed by atoms with van der Waals surface area (Å²) < 4.78 is 5.18. The highest BCUT2D eigenvalue weighted by atomic mass is 32.1. The van der Waals surface area contributed by atoms with E-state index in [1.165, 1.54) is 0 Å². The molecule has 7 heteroatoms. The summed E-state index contributed by atoms with van der Waals surface area (Å²) in [4.78, 5) is 22.1. The summed E-state index contributed by atoms with van der Waals surface area (Å²) in [6.45, 7) is 0.281. The summed E-state index contributed by atoms with van der Waals surface area (Å²) in [5.74, 6) is 0.826. The maximum atomic E-state index is 12.1. The highest BCUT2D eigenvalue weighted by molar-refractivity contribution is 7.07. The molecular weight excluding hydrogens is 300 g/mol. The molecule has 3 aromatic rings. The number of carbonyl (C=O) groups is 1. The Morgan fingerprint density at radius 2 is 2.27 bits per heavy atom. The molecule has 1 amide bonds. The average Bonchev–Trinajstić information content (AvgIpc) is 3.20. The molecule has 0 saturated heterocycles. The number of amides is 1. The van der Waals surface area contributed by atoms with Gasteiger partial charge in [-0.25, -0.2) is 0 Å². The van der Waals surface area contributed by atoms with Crippen molar-refractivity contribution in [3.63, 3.8) is 0 Å². The van der Waals surface area contributed by atoms with Gasteiger partial charge in [0.15, 0.2) is 0 Å². The van der Waals surface area contributed by atoms with Gasteiger partial charge in [-0.2, -0.15) is 16.3 Å². The van der Waals surface area contributed by atoms with E-state index in [1.54, 1.807) is 35.5 Å². The minimum absolute atomic E-state index is 0.0102. The first-order chi connectivity index (χ1) is 10.7. The maximum Gasteiger partial charge on any atom is 0.246 e. The van der Waals surface area contributed by atoms with Crippen LogP contribution < -0.4 is 0 Å². The van der Waals surface area contributed by atoms with Crippen molar-refractivity contribution >= 4 is 17.2 Å². The molecule has 0 aliphatic heterocycles. The largest absolute Gasteiger partial charge is 0.337 e. The molecule has 0 radical (unpaired) electrons. The van der Waals surface area contributed by atoms with E-state index >= 15 is 0 Å². The van der Waals surface area contributed by atoms with Gasteiger partial charge in [0.25, 0.3) is 0 Å². The third kappa shape index (κ3) is 3.37. The van der Waals surface area contributed by atoms with Gasteiger partial charge >= 0.3 is 0 Å². The minimum atomic E-state index is 0.0102. The Morgan fingerprint density at radius 1 is 1.36 bits per heavy atom. The van der Waals surface area contributed by atoms with Gasteiger partial charge in [0.05, 0.1) is 13.0 Å². The summed E-state index contributed by atoms with van der Waals surface area (Å²) in [6.07, 6.45) is 2.04. The lowest BCUT2D eigenvalue weighted by atomic mass is 10.2. The molecule has 3 rings (SSSR count). The van der Waals surface area contributed by atoms with E-state index in [1.807, 2.05) is 29.0 Å². The molecule has 0 saturated carbocycles. The topological polar surface area (TPSA) is 72.1 Å². The molecule has 112 valence electrons. The molecule has 0 aliphatic carbocycles. The molecule has 0 spiro atoms. The van der Waals surface area contributed by atoms with Crippen LogP contribution in [0.3, 0.4) is 0 Å². The second-order valence-electron chi connectivity index (χ2n) is 4.78. The summed E-state index contributed by atoms with van der Waals surface area (Å²) in [6, 6.07) is 7.43. The van der Waals surface area contributed by atoms with Gasteiger partial charge in [-0.1, -0.05) is 11.2 Å². The molecule has 0 aromatic carbocycles. The van der Waals surface area contributed by atoms with Gasteiger partial charge in [0, 0.05) is 13.2 Å². The molecule has 22 heavy (non-hydrogen) atoms. The Bertz CT molecular complexity index is 740. The lowest BCUT2D eigenvalue weighted by Gasteiger charge is -2.13. The van der Waals surface area contributed by atoms with Crippen LogP contribution in [0.4, 0.5) is 0 Å². The van der Waals surface area contributed by atoms with Crippen molar-refractivity contribution < 1.29 is 9.32 Å². The van der Waals surface area contributed by atoms with E-state index in [0.29, 0.717) is 23.8 Å². The van der Waals surface area contributed by atoms with E-state index in [2.05, 4.69) is 15.1 Å². The first-order valence-electron chi connectivity index (χ1n) is 6.71. The van der Waals surface area contributed by atoms with Crippen LogP contribution in [0.5, 0.6) is 0 Å². The fourth-order valence-electron chi connectivity index (χ4n) is 1.91. The van der Waals surface area contributed by atoms with E-state index in [4.69, 9.17) is 4.52 Å². The summed E-state index contributed by atoms with van der Waals surface area (Å²) >= 11 is 1.58. The number of pyridine rings is 1. The Balaban J connectivity index is 1.63. The standard InChI is InChI=1S/C15H14N4O2S/c1-19(14(20)8-11-5-7-22-10-11)9-13-17-15(18-21-13)12-4-2-3-6-16-12/h2-7,10H,8-9H2,1H3. The Hall–Kier alpha value is -2.54. The normalized spacial score (nSPS) is 10.6. The fraction of sp³-hybridized carbons (Fsp3) is 0.200. The lowest BCUT2D eigenvalue weighted by Crippen LogP contribution is -2.27. The third-order valence-corrected chi connectivity index (χ3v) is 3.83. The monoisotopic (exact) mass is 314 g/mol. The zero-order valence-electron chi connectivity index (χ0n) is 12.0. The van der Waals surface area contributed by atoms with Crippen molar-refractivity contribution in [1.82, 2.24) is 20.0 Å². The number of carbonyl (C=O) groups excluding carboxylic acids is 1. The van der Waals surface area contributed by atoms with Crippen LogP contribution in [0.15, 0.2) is 45.7 Å². The molecule has 3 heterocycles. The lowest BCUT2D eigenvalue weighted by molar-refractivity contribution is -0.130. The fourth-order valence-corrected chi connectivity index (χ4v) is 2.58. The number of hydrogen-bond acceptors (Lipinski definition) is 6. The summed E-state index contributed by atoms with van der Waals surface area (Å²) in [7, 11) is 1.72. The number of likely N-dealkylation sites (N-methyl/N-ethyl adjacent to an activating group) is 1. The predicted molar refractivity (Wildman–Crippen MR) is 82.0 cm³/mol. The number of thiophene rings is 1. The van der Waals surface area contributed by atoms with Crippen LogP contribution in [0.25, 0.3) is 11.5 Å². The molecule has 0 N–H and O–H groups in total. The van der Waals surface area contributed by atoms with Crippen molar-refractivity contribution in [2.45, 2.75) is 13.0 Å². The Kier molecular flexibility index (Phi) is 4.24. The highest BCUT2D eigenvalue weighted by Gasteiger charge is 2.15. The maximum absolute atomic E-state index is 12.1. The molecule has 3 aromatic heterocycles. The molecule has 0 bridgehead atoms. The first-order valence-corrected chi connectivity index (χ1v) is 7.65. The Labute approximate surface area is 131 Å². The van der Waals surface area contributed by atoms with E-state index < -0.39 is 0 Å². The number of hydrogen-bond donors (Lipinski definition) is 0. The van der Waals surface area contributed by atoms with Crippen LogP contribution in [0.1, 0.15) is 11.5 Å². The van der Waals surface area contributed by atoms with Crippen molar-refractivity contribution in [3.05, 3.63) is 52.7 Å². The van der Waals surface area contributed by atoms with E-state index in [-0.39, 0.29) is 12.5 Å². The SMILES string of the molecule is CN(Cc1nc(-c2ccccn2)no1)C(=O)Cc1ccsc1. The smallest absolute Gasteiger partial charge is 0.246 e. The third-order valence-electron chi connectivity index (χ3n) is 3.10. The van der Waals surface area contributed by atoms with Crippen molar-refractivity contribution in [1.29, 1.82) is 0 Å². The summed E-state index contributed by atoms with van der Waals surface area (Å²) in [5, 5.41) is 7.82. The number of rotatable bonds is 5. The zero-order valence-corrected chi connectivity index (χ0v) is 12.8. The molecule has 0 atom stereocenters. The van der Waals surface area contributed by atoms with Crippen molar-refractivity contribution in [3.8, 4) is 11.5 Å². The Morgan fingerprint density at radius 3 is 3.00 bits per heavy atom. The minimum Gasteiger partial charge on any atom is -0.337 e. The van der Waals surface area contributed by atoms with Gasteiger partial charge in [0.2, 0.25) is 17.6 Å². The number of aromatic nitrogens is 3. The van der Waals surface area contributed by atoms with Crippen LogP contribution in [0.2, 0.25) is 0 Å². The molecule has 0 unspecified atom stereocenters. The first kappa shape index (κ1) is 14.4. The van der Waals surface area contributed by atoms with E-state index in [0.717, 1.165) is 5.56 Å². The molecule has 0 fully saturated rings. The highest BCUT2D eigenvalue weighted by Crippen LogP contribution is 2.13. The van der Waals surface area contributed by atoms with Crippen LogP contribution in [-0.4, -0.2) is 33.0 Å². The zero-order chi connectivity index (χ0) is 15.4. The average molecular weight is 314 g/mol. The second-order valence-corrected chi connectivity index (χ2v) is 5.56. The van der Waals surface area contributed by atoms with Gasteiger partial charge in [-0.15, -0.1) is 0 Å². The van der Waals surface area contributed by atoms with Crippen molar-refractivity contribution in [2.24, 2.45) is 0 Å². The van der Waals surface area contributed by atoms with E-state index in [9.17, 15) is 4.79 Å². The van der Waals surface area contributed by atoms with Crippen LogP contribution in [0, 0.1) is 0 Å². The second kappa shape index (κ2) is 6.48. The van der Waals surface area contributed by atoms with Crippen molar-refractivity contribution in [2.75, 3.05) is 7.05 Å². The molecular formula is C15H14N4O2S. The van der Waals surface area contributed by atoms with Gasteiger partial charge in [-0.05, 0) is 34.5 Å². The van der Waals surface area contributed by atoms with Gasteiger partial charge < -0.3 is 9.42 Å². The summed E-state index contributed by atoms with van der Waals surface area (Å²) in [5.41, 5.74) is 1.66. The van der Waals surface area contributed by atoms with Gasteiger partial charge in [-0.3, -0.25) is 9.78 Å². The van der Waals surface area contributed by atoms with Gasteiger partial charge in [0.1, 0.15) is 5.69 Å². The molecule has 6 nitrogen and oxygen atoms in total.